The van der Waals surface area contributed by atoms with Gasteiger partial charge < -0.3 is 9.64 Å². The van der Waals surface area contributed by atoms with Crippen LogP contribution in [0.4, 0.5) is 4.39 Å². The van der Waals surface area contributed by atoms with Crippen LogP contribution in [0.1, 0.15) is 23.7 Å². The molecule has 0 unspecified atom stereocenters. The minimum atomic E-state index is -0.525. The molecule has 0 aliphatic rings. The Morgan fingerprint density at radius 3 is 2.65 bits per heavy atom. The SMILES string of the molecule is CC(=O)c1ccc(OCCCN(C)C)cc1F. The van der Waals surface area contributed by atoms with E-state index < -0.39 is 5.82 Å². The number of hydrogen-bond donors (Lipinski definition) is 0. The molecule has 0 spiro atoms. The molecule has 0 amide bonds. The van der Waals surface area contributed by atoms with E-state index in [2.05, 4.69) is 4.90 Å². The summed E-state index contributed by atoms with van der Waals surface area (Å²) in [5.74, 6) is -0.337. The van der Waals surface area contributed by atoms with Crippen molar-refractivity contribution >= 4 is 5.78 Å². The van der Waals surface area contributed by atoms with E-state index in [1.807, 2.05) is 14.1 Å². The van der Waals surface area contributed by atoms with Crippen molar-refractivity contribution in [3.05, 3.63) is 29.6 Å². The topological polar surface area (TPSA) is 29.5 Å². The van der Waals surface area contributed by atoms with Gasteiger partial charge in [-0.3, -0.25) is 4.79 Å². The summed E-state index contributed by atoms with van der Waals surface area (Å²) >= 11 is 0. The molecule has 4 heteroatoms. The van der Waals surface area contributed by atoms with Crippen LogP contribution in [0.3, 0.4) is 0 Å². The summed E-state index contributed by atoms with van der Waals surface area (Å²) in [5.41, 5.74) is 0.102. The molecule has 0 bridgehead atoms. The molecule has 0 aliphatic carbocycles. The lowest BCUT2D eigenvalue weighted by molar-refractivity contribution is 0.101. The summed E-state index contributed by atoms with van der Waals surface area (Å²) in [5, 5.41) is 0. The first-order chi connectivity index (χ1) is 8.00. The predicted octanol–water partition coefficient (Wildman–Crippen LogP) is 2.36. The van der Waals surface area contributed by atoms with Crippen LogP contribution in [0.2, 0.25) is 0 Å². The number of benzene rings is 1. The van der Waals surface area contributed by atoms with Crippen molar-refractivity contribution in [2.24, 2.45) is 0 Å². The van der Waals surface area contributed by atoms with Crippen LogP contribution in [0.5, 0.6) is 5.75 Å². The second kappa shape index (κ2) is 6.35. The number of Topliss-reactive ketones (excluding diaryl/α,β-unsaturated/α-hetero) is 1. The van der Waals surface area contributed by atoms with Crippen LogP contribution < -0.4 is 4.74 Å². The number of nitrogens with zero attached hydrogens (tertiary/aromatic N) is 1. The van der Waals surface area contributed by atoms with Crippen LogP contribution in [0, 0.1) is 5.82 Å². The van der Waals surface area contributed by atoms with Gasteiger partial charge in [-0.1, -0.05) is 0 Å². The Morgan fingerprint density at radius 1 is 1.41 bits per heavy atom. The van der Waals surface area contributed by atoms with Gasteiger partial charge in [-0.25, -0.2) is 4.39 Å². The van der Waals surface area contributed by atoms with E-state index in [0.29, 0.717) is 12.4 Å². The van der Waals surface area contributed by atoms with Gasteiger partial charge in [-0.05, 0) is 39.6 Å². The number of halogens is 1. The van der Waals surface area contributed by atoms with Gasteiger partial charge in [-0.15, -0.1) is 0 Å². The highest BCUT2D eigenvalue weighted by molar-refractivity contribution is 5.94. The summed E-state index contributed by atoms with van der Waals surface area (Å²) in [4.78, 5) is 13.1. The Hall–Kier alpha value is -1.42. The fourth-order valence-electron chi connectivity index (χ4n) is 1.44. The average Bonchev–Trinajstić information content (AvgIpc) is 2.23. The van der Waals surface area contributed by atoms with Gasteiger partial charge in [0.2, 0.25) is 0 Å². The van der Waals surface area contributed by atoms with E-state index in [1.54, 1.807) is 6.07 Å². The molecule has 0 aliphatic heterocycles. The Bertz CT molecular complexity index is 391. The fraction of sp³-hybridized carbons (Fsp3) is 0.462. The van der Waals surface area contributed by atoms with Crippen molar-refractivity contribution in [2.75, 3.05) is 27.2 Å². The molecule has 1 aromatic carbocycles. The van der Waals surface area contributed by atoms with Gasteiger partial charge in [-0.2, -0.15) is 0 Å². The highest BCUT2D eigenvalue weighted by atomic mass is 19.1. The van der Waals surface area contributed by atoms with Crippen LogP contribution in [0.15, 0.2) is 18.2 Å². The first-order valence-electron chi connectivity index (χ1n) is 5.58. The molecule has 1 rings (SSSR count). The zero-order chi connectivity index (χ0) is 12.8. The minimum absolute atomic E-state index is 0.102. The lowest BCUT2D eigenvalue weighted by Gasteiger charge is -2.10. The van der Waals surface area contributed by atoms with Crippen molar-refractivity contribution in [2.45, 2.75) is 13.3 Å². The lowest BCUT2D eigenvalue weighted by atomic mass is 10.1. The molecule has 0 saturated carbocycles. The fourth-order valence-corrected chi connectivity index (χ4v) is 1.44. The molecule has 0 N–H and O–H groups in total. The standard InChI is InChI=1S/C13H18FNO2/c1-10(16)12-6-5-11(9-13(12)14)17-8-4-7-15(2)3/h5-6,9H,4,7-8H2,1-3H3. The largest absolute Gasteiger partial charge is 0.493 e. The zero-order valence-electron chi connectivity index (χ0n) is 10.5. The number of carbonyl (C=O) groups excluding carboxylic acids is 1. The number of rotatable bonds is 6. The summed E-state index contributed by atoms with van der Waals surface area (Å²) in [6.45, 7) is 2.81. The van der Waals surface area contributed by atoms with E-state index in [0.717, 1.165) is 13.0 Å². The van der Waals surface area contributed by atoms with Gasteiger partial charge in [0.15, 0.2) is 5.78 Å². The Labute approximate surface area is 101 Å². The van der Waals surface area contributed by atoms with Crippen LogP contribution in [0.25, 0.3) is 0 Å². The molecule has 0 radical (unpaired) electrons. The predicted molar refractivity (Wildman–Crippen MR) is 65.1 cm³/mol. The number of ketones is 1. The van der Waals surface area contributed by atoms with E-state index >= 15 is 0 Å². The van der Waals surface area contributed by atoms with Crippen molar-refractivity contribution < 1.29 is 13.9 Å². The van der Waals surface area contributed by atoms with E-state index in [9.17, 15) is 9.18 Å². The number of ether oxygens (including phenoxy) is 1. The van der Waals surface area contributed by atoms with Crippen LogP contribution in [-0.4, -0.2) is 37.9 Å². The summed E-state index contributed by atoms with van der Waals surface area (Å²) in [7, 11) is 3.97. The summed E-state index contributed by atoms with van der Waals surface area (Å²) in [6, 6.07) is 4.33. The van der Waals surface area contributed by atoms with Crippen molar-refractivity contribution in [1.29, 1.82) is 0 Å². The third-order valence-electron chi connectivity index (χ3n) is 2.34. The number of carbonyl (C=O) groups is 1. The quantitative estimate of drug-likeness (QED) is 0.564. The maximum absolute atomic E-state index is 13.4. The normalized spacial score (nSPS) is 10.6. The number of hydrogen-bond acceptors (Lipinski definition) is 3. The van der Waals surface area contributed by atoms with Crippen LogP contribution in [-0.2, 0) is 0 Å². The van der Waals surface area contributed by atoms with Crippen molar-refractivity contribution in [1.82, 2.24) is 4.90 Å². The Morgan fingerprint density at radius 2 is 2.12 bits per heavy atom. The molecular weight excluding hydrogens is 221 g/mol. The van der Waals surface area contributed by atoms with Gasteiger partial charge >= 0.3 is 0 Å². The van der Waals surface area contributed by atoms with E-state index in [-0.39, 0.29) is 11.3 Å². The molecule has 0 heterocycles. The second-order valence-corrected chi connectivity index (χ2v) is 4.20. The molecule has 0 aromatic heterocycles. The van der Waals surface area contributed by atoms with Crippen LogP contribution >= 0.6 is 0 Å². The highest BCUT2D eigenvalue weighted by Crippen LogP contribution is 2.17. The molecular formula is C13H18FNO2. The van der Waals surface area contributed by atoms with Gasteiger partial charge in [0.1, 0.15) is 11.6 Å². The monoisotopic (exact) mass is 239 g/mol. The maximum Gasteiger partial charge on any atom is 0.162 e. The molecule has 94 valence electrons. The molecule has 0 fully saturated rings. The third kappa shape index (κ3) is 4.53. The van der Waals surface area contributed by atoms with Gasteiger partial charge in [0.25, 0.3) is 0 Å². The summed E-state index contributed by atoms with van der Waals surface area (Å²) in [6.07, 6.45) is 0.878. The molecule has 0 atom stereocenters. The first-order valence-corrected chi connectivity index (χ1v) is 5.58. The maximum atomic E-state index is 13.4. The minimum Gasteiger partial charge on any atom is -0.493 e. The van der Waals surface area contributed by atoms with Crippen molar-refractivity contribution in [3.63, 3.8) is 0 Å². The molecule has 0 saturated heterocycles. The summed E-state index contributed by atoms with van der Waals surface area (Å²) < 4.78 is 18.8. The molecule has 1 aromatic rings. The van der Waals surface area contributed by atoms with E-state index in [4.69, 9.17) is 4.74 Å². The van der Waals surface area contributed by atoms with Gasteiger partial charge in [0, 0.05) is 12.6 Å². The lowest BCUT2D eigenvalue weighted by Crippen LogP contribution is -2.15. The Kier molecular flexibility index (Phi) is 5.10. The highest BCUT2D eigenvalue weighted by Gasteiger charge is 2.08. The van der Waals surface area contributed by atoms with Gasteiger partial charge in [0.05, 0.1) is 12.2 Å². The van der Waals surface area contributed by atoms with Crippen molar-refractivity contribution in [3.8, 4) is 5.75 Å². The van der Waals surface area contributed by atoms with E-state index in [1.165, 1.54) is 19.1 Å². The zero-order valence-corrected chi connectivity index (χ0v) is 10.5. The molecule has 17 heavy (non-hydrogen) atoms. The second-order valence-electron chi connectivity index (χ2n) is 4.20. The molecule has 3 nitrogen and oxygen atoms in total. The Balaban J connectivity index is 2.50. The average molecular weight is 239 g/mol. The third-order valence-corrected chi connectivity index (χ3v) is 2.34. The first kappa shape index (κ1) is 13.6. The smallest absolute Gasteiger partial charge is 0.162 e.